The minimum Gasteiger partial charge on any atom is -0.458 e. The van der Waals surface area contributed by atoms with Gasteiger partial charge in [-0.15, -0.1) is 0 Å². The van der Waals surface area contributed by atoms with Crippen LogP contribution in [0.25, 0.3) is 0 Å². The van der Waals surface area contributed by atoms with Gasteiger partial charge in [-0.1, -0.05) is 30.3 Å². The second kappa shape index (κ2) is 6.65. The fourth-order valence-electron chi connectivity index (χ4n) is 1.83. The lowest BCUT2D eigenvalue weighted by atomic mass is 9.87. The second-order valence-corrected chi connectivity index (χ2v) is 6.05. The van der Waals surface area contributed by atoms with Crippen LogP contribution >= 0.6 is 0 Å². The molecule has 1 unspecified atom stereocenters. The third-order valence-corrected chi connectivity index (χ3v) is 2.86. The molecule has 0 saturated carbocycles. The first-order chi connectivity index (χ1) is 10.0. The second-order valence-electron chi connectivity index (χ2n) is 6.05. The number of ketones is 1. The summed E-state index contributed by atoms with van der Waals surface area (Å²) < 4.78 is 5.17. The Morgan fingerprint density at radius 3 is 2.23 bits per heavy atom. The molecule has 1 aromatic carbocycles. The summed E-state index contributed by atoms with van der Waals surface area (Å²) in [4.78, 5) is 34.2. The van der Waals surface area contributed by atoms with E-state index in [0.717, 1.165) is 0 Å². The maximum atomic E-state index is 12.3. The quantitative estimate of drug-likeness (QED) is 0.364. The monoisotopic (exact) mass is 308 g/mol. The van der Waals surface area contributed by atoms with Crippen LogP contribution < -0.4 is 5.73 Å². The van der Waals surface area contributed by atoms with Crippen molar-refractivity contribution in [3.05, 3.63) is 46.0 Å². The Balaban J connectivity index is 3.11. The van der Waals surface area contributed by atoms with Gasteiger partial charge in [0, 0.05) is 11.3 Å². The lowest BCUT2D eigenvalue weighted by molar-refractivity contribution is -0.467. The average Bonchev–Trinajstić information content (AvgIpc) is 2.36. The zero-order chi connectivity index (χ0) is 17.0. The summed E-state index contributed by atoms with van der Waals surface area (Å²) in [6.45, 7) is 3.87. The normalized spacial score (nSPS) is 14.0. The molecule has 0 saturated heterocycles. The number of esters is 1. The minimum atomic E-state index is -2.08. The van der Waals surface area contributed by atoms with Gasteiger partial charge in [-0.2, -0.15) is 0 Å². The molecule has 0 aliphatic carbocycles. The lowest BCUT2D eigenvalue weighted by Gasteiger charge is -2.29. The molecule has 1 atom stereocenters. The molecule has 1 rings (SSSR count). The van der Waals surface area contributed by atoms with E-state index in [1.807, 2.05) is 0 Å². The average molecular weight is 308 g/mol. The fourth-order valence-corrected chi connectivity index (χ4v) is 1.83. The molecule has 7 heteroatoms. The first-order valence-electron chi connectivity index (χ1n) is 6.76. The first-order valence-corrected chi connectivity index (χ1v) is 6.76. The van der Waals surface area contributed by atoms with Crippen LogP contribution in [0.15, 0.2) is 30.3 Å². The Hall–Kier alpha value is -2.28. The van der Waals surface area contributed by atoms with Gasteiger partial charge in [0.15, 0.2) is 5.54 Å². The zero-order valence-electron chi connectivity index (χ0n) is 12.9. The highest BCUT2D eigenvalue weighted by Crippen LogP contribution is 2.19. The van der Waals surface area contributed by atoms with Crippen molar-refractivity contribution in [1.29, 1.82) is 0 Å². The van der Waals surface area contributed by atoms with Crippen LogP contribution in [0.4, 0.5) is 0 Å². The van der Waals surface area contributed by atoms with Crippen molar-refractivity contribution < 1.29 is 19.2 Å². The van der Waals surface area contributed by atoms with Gasteiger partial charge in [-0.3, -0.25) is 14.9 Å². The molecule has 0 aliphatic rings. The van der Waals surface area contributed by atoms with Gasteiger partial charge in [0.2, 0.25) is 5.78 Å². The number of nitrogens with zero attached hydrogens (tertiary/aromatic N) is 1. The van der Waals surface area contributed by atoms with E-state index in [0.29, 0.717) is 5.56 Å². The number of carbonyl (C=O) groups excluding carboxylic acids is 2. The predicted molar refractivity (Wildman–Crippen MR) is 79.8 cm³/mol. The Kier molecular flexibility index (Phi) is 5.38. The fraction of sp³-hybridized carbons (Fsp3) is 0.467. The molecule has 120 valence electrons. The van der Waals surface area contributed by atoms with E-state index in [4.69, 9.17) is 10.5 Å². The molecular weight excluding hydrogens is 288 g/mol. The number of benzene rings is 1. The largest absolute Gasteiger partial charge is 0.458 e. The standard InChI is InChI=1S/C15H20N2O5/c1-14(2,3)22-13(19)15(16,12(18)10-17(20)21)9-11-7-5-4-6-8-11/h4-8H,9-10,16H2,1-3H3. The third kappa shape index (κ3) is 4.92. The number of nitro groups is 1. The molecule has 1 aromatic rings. The predicted octanol–water partition coefficient (Wildman–Crippen LogP) is 1.11. The highest BCUT2D eigenvalue weighted by atomic mass is 16.6. The van der Waals surface area contributed by atoms with Crippen LogP contribution in [0, 0.1) is 10.1 Å². The summed E-state index contributed by atoms with van der Waals surface area (Å²) in [5, 5.41) is 10.6. The number of Topliss-reactive ketones (excluding diaryl/α,β-unsaturated/α-hetero) is 1. The van der Waals surface area contributed by atoms with Crippen molar-refractivity contribution in [2.45, 2.75) is 38.3 Å². The van der Waals surface area contributed by atoms with Crippen molar-refractivity contribution in [3.63, 3.8) is 0 Å². The Morgan fingerprint density at radius 1 is 1.23 bits per heavy atom. The maximum Gasteiger partial charge on any atom is 0.335 e. The molecule has 0 bridgehead atoms. The summed E-state index contributed by atoms with van der Waals surface area (Å²) in [6, 6.07) is 8.59. The lowest BCUT2D eigenvalue weighted by Crippen LogP contribution is -2.60. The van der Waals surface area contributed by atoms with Gasteiger partial charge < -0.3 is 10.5 Å². The number of hydrogen-bond acceptors (Lipinski definition) is 6. The molecule has 0 heterocycles. The number of hydrogen-bond donors (Lipinski definition) is 1. The minimum absolute atomic E-state index is 0.157. The third-order valence-electron chi connectivity index (χ3n) is 2.86. The van der Waals surface area contributed by atoms with Gasteiger partial charge in [0.1, 0.15) is 5.60 Å². The highest BCUT2D eigenvalue weighted by molar-refractivity contribution is 6.09. The molecule has 7 nitrogen and oxygen atoms in total. The molecule has 2 N–H and O–H groups in total. The van der Waals surface area contributed by atoms with E-state index in [9.17, 15) is 19.7 Å². The summed E-state index contributed by atoms with van der Waals surface area (Å²) in [5.41, 5.74) is 3.63. The van der Waals surface area contributed by atoms with Crippen LogP contribution in [0.2, 0.25) is 0 Å². The van der Waals surface area contributed by atoms with Crippen molar-refractivity contribution in [2.24, 2.45) is 5.73 Å². The van der Waals surface area contributed by atoms with Crippen LogP contribution in [0.3, 0.4) is 0 Å². The van der Waals surface area contributed by atoms with Crippen molar-refractivity contribution in [3.8, 4) is 0 Å². The van der Waals surface area contributed by atoms with Gasteiger partial charge in [-0.05, 0) is 26.3 Å². The van der Waals surface area contributed by atoms with E-state index in [2.05, 4.69) is 0 Å². The zero-order valence-corrected chi connectivity index (χ0v) is 12.9. The maximum absolute atomic E-state index is 12.3. The number of carbonyl (C=O) groups is 2. The van der Waals surface area contributed by atoms with Crippen molar-refractivity contribution >= 4 is 11.8 Å². The number of nitrogens with two attached hydrogens (primary N) is 1. The summed E-state index contributed by atoms with van der Waals surface area (Å²) >= 11 is 0. The summed E-state index contributed by atoms with van der Waals surface area (Å²) in [5.74, 6) is -1.94. The van der Waals surface area contributed by atoms with E-state index in [1.54, 1.807) is 51.1 Å². The van der Waals surface area contributed by atoms with Gasteiger partial charge in [-0.25, -0.2) is 4.79 Å². The van der Waals surface area contributed by atoms with E-state index < -0.39 is 34.4 Å². The molecule has 0 aliphatic heterocycles. The highest BCUT2D eigenvalue weighted by Gasteiger charge is 2.46. The smallest absolute Gasteiger partial charge is 0.335 e. The van der Waals surface area contributed by atoms with Crippen molar-refractivity contribution in [1.82, 2.24) is 0 Å². The topological polar surface area (TPSA) is 113 Å². The molecule has 0 amide bonds. The summed E-state index contributed by atoms with van der Waals surface area (Å²) in [7, 11) is 0. The van der Waals surface area contributed by atoms with Crippen LogP contribution in [-0.4, -0.2) is 34.4 Å². The molecule has 0 radical (unpaired) electrons. The molecule has 0 fully saturated rings. The Labute approximate surface area is 128 Å². The van der Waals surface area contributed by atoms with Gasteiger partial charge in [0.05, 0.1) is 0 Å². The Bertz CT molecular complexity index is 565. The van der Waals surface area contributed by atoms with E-state index >= 15 is 0 Å². The number of ether oxygens (including phenoxy) is 1. The summed E-state index contributed by atoms with van der Waals surface area (Å²) in [6.07, 6.45) is -0.157. The van der Waals surface area contributed by atoms with Gasteiger partial charge >= 0.3 is 5.97 Å². The van der Waals surface area contributed by atoms with Crippen LogP contribution in [-0.2, 0) is 20.7 Å². The SMILES string of the molecule is CC(C)(C)OC(=O)C(N)(Cc1ccccc1)C(=O)C[N+](=O)[O-]. The van der Waals surface area contributed by atoms with Crippen LogP contribution in [0.1, 0.15) is 26.3 Å². The van der Waals surface area contributed by atoms with Crippen LogP contribution in [0.5, 0.6) is 0 Å². The molecular formula is C15H20N2O5. The van der Waals surface area contributed by atoms with Crippen molar-refractivity contribution in [2.75, 3.05) is 6.54 Å². The van der Waals surface area contributed by atoms with E-state index in [-0.39, 0.29) is 6.42 Å². The molecule has 0 spiro atoms. The first kappa shape index (κ1) is 17.8. The Morgan fingerprint density at radius 2 is 1.77 bits per heavy atom. The molecule has 0 aromatic heterocycles. The van der Waals surface area contributed by atoms with E-state index in [1.165, 1.54) is 0 Å². The van der Waals surface area contributed by atoms with Gasteiger partial charge in [0.25, 0.3) is 6.54 Å². The number of rotatable bonds is 6. The molecule has 22 heavy (non-hydrogen) atoms.